The van der Waals surface area contributed by atoms with Gasteiger partial charge in [-0.1, -0.05) is 63.1 Å². The largest absolute Gasteiger partial charge is 0.465 e. The van der Waals surface area contributed by atoms with E-state index in [1.165, 1.54) is 13.2 Å². The minimum absolute atomic E-state index is 0.0914. The van der Waals surface area contributed by atoms with Crippen molar-refractivity contribution >= 4 is 23.6 Å². The third kappa shape index (κ3) is 6.90. The summed E-state index contributed by atoms with van der Waals surface area (Å²) in [6, 6.07) is 14.1. The smallest absolute Gasteiger partial charge is 0.339 e. The van der Waals surface area contributed by atoms with Crippen molar-refractivity contribution in [2.75, 3.05) is 20.2 Å². The van der Waals surface area contributed by atoms with E-state index in [1.54, 1.807) is 18.2 Å². The van der Waals surface area contributed by atoms with E-state index >= 15 is 0 Å². The van der Waals surface area contributed by atoms with Gasteiger partial charge in [-0.15, -0.1) is 0 Å². The Morgan fingerprint density at radius 3 is 2.28 bits per heavy atom. The summed E-state index contributed by atoms with van der Waals surface area (Å²) in [6.45, 7) is 5.69. The second kappa shape index (κ2) is 13.4. The first kappa shape index (κ1) is 26.9. The lowest BCUT2D eigenvalue weighted by atomic mass is 9.98. The minimum atomic E-state index is -0.574. The summed E-state index contributed by atoms with van der Waals surface area (Å²) in [4.78, 5) is 44.9. The molecule has 0 aromatic heterocycles. The zero-order valence-corrected chi connectivity index (χ0v) is 21.3. The Hall–Kier alpha value is -3.74. The highest BCUT2D eigenvalue weighted by Gasteiger charge is 2.25. The van der Waals surface area contributed by atoms with E-state index in [1.807, 2.05) is 35.2 Å². The molecule has 0 spiro atoms. The normalized spacial score (nSPS) is 12.5. The van der Waals surface area contributed by atoms with Crippen LogP contribution in [-0.4, -0.2) is 48.7 Å². The lowest BCUT2D eigenvalue weighted by Crippen LogP contribution is -2.33. The zero-order chi connectivity index (χ0) is 25.9. The molecule has 3 rings (SSSR count). The molecule has 0 bridgehead atoms. The summed E-state index contributed by atoms with van der Waals surface area (Å²) in [5.41, 5.74) is 2.81. The number of carbonyl (C=O) groups is 3. The Bertz CT molecular complexity index is 1130. The molecular weight excluding hydrogens is 456 g/mol. The van der Waals surface area contributed by atoms with Gasteiger partial charge in [0.15, 0.2) is 0 Å². The molecule has 0 fully saturated rings. The highest BCUT2D eigenvalue weighted by atomic mass is 16.5. The van der Waals surface area contributed by atoms with Crippen molar-refractivity contribution in [2.24, 2.45) is 4.99 Å². The number of ether oxygens (including phenoxy) is 2. The number of nitrogens with zero attached hydrogens (tertiary/aromatic N) is 2. The monoisotopic (exact) mass is 490 g/mol. The fourth-order valence-corrected chi connectivity index (χ4v) is 3.92. The van der Waals surface area contributed by atoms with Gasteiger partial charge in [0.05, 0.1) is 23.9 Å². The number of methoxy groups -OCH3 is 1. The SMILES string of the molecule is CCCCN(CCCC)C(=O)C1=CCC(c2ccc(C(=O)OC)cc2C(=O)OCc2ccccc2)=N1. The van der Waals surface area contributed by atoms with E-state index in [-0.39, 0.29) is 23.6 Å². The molecule has 0 saturated heterocycles. The van der Waals surface area contributed by atoms with Crippen molar-refractivity contribution in [3.63, 3.8) is 0 Å². The van der Waals surface area contributed by atoms with Gasteiger partial charge in [0.1, 0.15) is 12.3 Å². The molecule has 0 saturated carbocycles. The highest BCUT2D eigenvalue weighted by molar-refractivity contribution is 6.14. The van der Waals surface area contributed by atoms with Crippen LogP contribution < -0.4 is 0 Å². The lowest BCUT2D eigenvalue weighted by molar-refractivity contribution is -0.127. The molecule has 190 valence electrons. The number of hydrogen-bond donors (Lipinski definition) is 0. The number of amides is 1. The van der Waals surface area contributed by atoms with Crippen molar-refractivity contribution in [2.45, 2.75) is 52.6 Å². The summed E-state index contributed by atoms with van der Waals surface area (Å²) in [6.07, 6.45) is 6.09. The predicted octanol–water partition coefficient (Wildman–Crippen LogP) is 5.34. The van der Waals surface area contributed by atoms with E-state index < -0.39 is 11.9 Å². The molecule has 0 radical (unpaired) electrons. The van der Waals surface area contributed by atoms with Gasteiger partial charge in [-0.25, -0.2) is 14.6 Å². The van der Waals surface area contributed by atoms with E-state index in [2.05, 4.69) is 18.8 Å². The average molecular weight is 491 g/mol. The first-order valence-electron chi connectivity index (χ1n) is 12.5. The fraction of sp³-hybridized carbons (Fsp3) is 0.379. The number of rotatable bonds is 12. The molecule has 1 heterocycles. The Balaban J connectivity index is 1.86. The second-order valence-electron chi connectivity index (χ2n) is 8.66. The molecule has 2 aromatic rings. The highest BCUT2D eigenvalue weighted by Crippen LogP contribution is 2.24. The van der Waals surface area contributed by atoms with Crippen LogP contribution in [0.1, 0.15) is 77.8 Å². The number of esters is 2. The van der Waals surface area contributed by atoms with Crippen molar-refractivity contribution < 1.29 is 23.9 Å². The number of unbranched alkanes of at least 4 members (excludes halogenated alkanes) is 2. The van der Waals surface area contributed by atoms with E-state index in [0.717, 1.165) is 31.2 Å². The summed E-state index contributed by atoms with van der Waals surface area (Å²) in [7, 11) is 1.29. The number of carbonyl (C=O) groups excluding carboxylic acids is 3. The Morgan fingerprint density at radius 2 is 1.64 bits per heavy atom. The molecule has 0 unspecified atom stereocenters. The molecule has 1 aliphatic rings. The van der Waals surface area contributed by atoms with E-state index in [9.17, 15) is 14.4 Å². The minimum Gasteiger partial charge on any atom is -0.465 e. The van der Waals surface area contributed by atoms with Crippen LogP contribution in [0.2, 0.25) is 0 Å². The van der Waals surface area contributed by atoms with Gasteiger partial charge in [0, 0.05) is 25.1 Å². The van der Waals surface area contributed by atoms with Gasteiger partial charge in [-0.3, -0.25) is 4.79 Å². The maximum Gasteiger partial charge on any atom is 0.339 e. The maximum atomic E-state index is 13.2. The third-order valence-corrected chi connectivity index (χ3v) is 6.00. The van der Waals surface area contributed by atoms with E-state index in [4.69, 9.17) is 9.47 Å². The van der Waals surface area contributed by atoms with Gasteiger partial charge < -0.3 is 14.4 Å². The average Bonchev–Trinajstić information content (AvgIpc) is 3.41. The Labute approximate surface area is 212 Å². The molecule has 1 amide bonds. The molecule has 1 aliphatic heterocycles. The fourth-order valence-electron chi connectivity index (χ4n) is 3.92. The Morgan fingerprint density at radius 1 is 0.944 bits per heavy atom. The number of benzene rings is 2. The maximum absolute atomic E-state index is 13.2. The predicted molar refractivity (Wildman–Crippen MR) is 139 cm³/mol. The number of aliphatic imine (C=N–C) groups is 1. The zero-order valence-electron chi connectivity index (χ0n) is 21.3. The van der Waals surface area contributed by atoms with Crippen LogP contribution in [0.5, 0.6) is 0 Å². The van der Waals surface area contributed by atoms with Crippen LogP contribution in [0.3, 0.4) is 0 Å². The summed E-state index contributed by atoms with van der Waals surface area (Å²) >= 11 is 0. The van der Waals surface area contributed by atoms with Crippen LogP contribution in [0.15, 0.2) is 65.3 Å². The van der Waals surface area contributed by atoms with Gasteiger partial charge in [0.25, 0.3) is 5.91 Å². The standard InChI is InChI=1S/C29H34N2O5/c1-4-6-17-31(18-7-5-2)27(32)26-16-15-25(30-26)23-14-13-22(28(33)35-3)19-24(23)29(34)36-20-21-11-9-8-10-12-21/h8-14,16,19H,4-7,15,17-18,20H2,1-3H3. The molecular formula is C29H34N2O5. The van der Waals surface area contributed by atoms with Gasteiger partial charge in [-0.2, -0.15) is 0 Å². The van der Waals surface area contributed by atoms with Crippen LogP contribution in [0.4, 0.5) is 0 Å². The van der Waals surface area contributed by atoms with Gasteiger partial charge >= 0.3 is 11.9 Å². The first-order chi connectivity index (χ1) is 17.5. The molecule has 7 nitrogen and oxygen atoms in total. The first-order valence-corrected chi connectivity index (χ1v) is 12.5. The van der Waals surface area contributed by atoms with E-state index in [0.29, 0.717) is 36.5 Å². The quantitative estimate of drug-likeness (QED) is 0.375. The van der Waals surface area contributed by atoms with Crippen LogP contribution in [-0.2, 0) is 20.9 Å². The van der Waals surface area contributed by atoms with Crippen LogP contribution in [0.25, 0.3) is 0 Å². The molecule has 0 N–H and O–H groups in total. The van der Waals surface area contributed by atoms with Gasteiger partial charge in [-0.05, 0) is 36.6 Å². The molecule has 0 aliphatic carbocycles. The summed E-state index contributed by atoms with van der Waals surface area (Å²) in [5.74, 6) is -1.22. The van der Waals surface area contributed by atoms with Crippen LogP contribution >= 0.6 is 0 Å². The summed E-state index contributed by atoms with van der Waals surface area (Å²) < 4.78 is 10.4. The number of hydrogen-bond acceptors (Lipinski definition) is 6. The second-order valence-corrected chi connectivity index (χ2v) is 8.66. The molecule has 0 atom stereocenters. The molecule has 36 heavy (non-hydrogen) atoms. The van der Waals surface area contributed by atoms with Gasteiger partial charge in [0.2, 0.25) is 0 Å². The van der Waals surface area contributed by atoms with Crippen molar-refractivity contribution in [1.29, 1.82) is 0 Å². The van der Waals surface area contributed by atoms with Crippen molar-refractivity contribution in [3.05, 3.63) is 82.6 Å². The van der Waals surface area contributed by atoms with Crippen LogP contribution in [0, 0.1) is 0 Å². The topological polar surface area (TPSA) is 85.3 Å². The molecule has 7 heteroatoms. The van der Waals surface area contributed by atoms with Crippen molar-refractivity contribution in [1.82, 2.24) is 4.90 Å². The van der Waals surface area contributed by atoms with Crippen molar-refractivity contribution in [3.8, 4) is 0 Å². The summed E-state index contributed by atoms with van der Waals surface area (Å²) in [5, 5.41) is 0. The molecule has 2 aromatic carbocycles. The lowest BCUT2D eigenvalue weighted by Gasteiger charge is -2.22. The Kier molecular flexibility index (Phi) is 9.98. The third-order valence-electron chi connectivity index (χ3n) is 6.00. The number of allylic oxidation sites excluding steroid dienone is 1.